The van der Waals surface area contributed by atoms with Crippen molar-refractivity contribution in [2.75, 3.05) is 6.54 Å². The highest BCUT2D eigenvalue weighted by Crippen LogP contribution is 2.45. The molecule has 0 amide bonds. The molecule has 152 valence electrons. The molecule has 1 aliphatic heterocycles. The van der Waals surface area contributed by atoms with E-state index in [1.165, 1.54) is 11.9 Å². The number of carbonyl (C=O) groups is 1. The van der Waals surface area contributed by atoms with Crippen LogP contribution in [-0.2, 0) is 11.2 Å². The average Bonchev–Trinajstić information content (AvgIpc) is 3.28. The lowest BCUT2D eigenvalue weighted by Crippen LogP contribution is -2.38. The minimum atomic E-state index is -0.533. The molecule has 0 unspecified atom stereocenters. The quantitative estimate of drug-likeness (QED) is 0.671. The van der Waals surface area contributed by atoms with Gasteiger partial charge in [0.25, 0.3) is 0 Å². The number of benzene rings is 2. The van der Waals surface area contributed by atoms with Crippen molar-refractivity contribution in [1.82, 2.24) is 20.1 Å². The Hall–Kier alpha value is -2.96. The molecule has 0 saturated carbocycles. The molecule has 0 radical (unpaired) electrons. The van der Waals surface area contributed by atoms with Gasteiger partial charge >= 0.3 is 0 Å². The van der Waals surface area contributed by atoms with Gasteiger partial charge in [-0.1, -0.05) is 48.0 Å². The van der Waals surface area contributed by atoms with Gasteiger partial charge in [-0.25, -0.2) is 9.67 Å². The fourth-order valence-corrected chi connectivity index (χ4v) is 4.89. The van der Waals surface area contributed by atoms with Gasteiger partial charge in [-0.05, 0) is 35.2 Å². The van der Waals surface area contributed by atoms with Gasteiger partial charge in [0.15, 0.2) is 5.78 Å². The van der Waals surface area contributed by atoms with E-state index in [1.807, 2.05) is 36.4 Å². The van der Waals surface area contributed by atoms with Crippen LogP contribution < -0.4 is 5.32 Å². The number of aliphatic hydroxyl groups is 1. The number of rotatable bonds is 3. The first kappa shape index (κ1) is 19.0. The van der Waals surface area contributed by atoms with E-state index in [4.69, 9.17) is 11.6 Å². The van der Waals surface area contributed by atoms with Crippen LogP contribution in [0, 0.1) is 0 Å². The number of nitrogens with zero attached hydrogens (tertiary/aromatic N) is 3. The summed E-state index contributed by atoms with van der Waals surface area (Å²) in [6.45, 7) is 0.747. The van der Waals surface area contributed by atoms with E-state index in [0.29, 0.717) is 10.6 Å². The highest BCUT2D eigenvalue weighted by molar-refractivity contribution is 6.30. The number of allylic oxidation sites excluding steroid dienone is 1. The number of ketones is 1. The molecule has 7 heteroatoms. The zero-order valence-electron chi connectivity index (χ0n) is 16.2. The van der Waals surface area contributed by atoms with Gasteiger partial charge in [0.2, 0.25) is 0 Å². The van der Waals surface area contributed by atoms with E-state index in [-0.39, 0.29) is 29.9 Å². The van der Waals surface area contributed by atoms with Crippen LogP contribution in [0.3, 0.4) is 0 Å². The van der Waals surface area contributed by atoms with Crippen LogP contribution in [-0.4, -0.2) is 32.2 Å². The zero-order valence-corrected chi connectivity index (χ0v) is 17.0. The van der Waals surface area contributed by atoms with Crippen LogP contribution in [0.4, 0.5) is 0 Å². The molecule has 3 atom stereocenters. The summed E-state index contributed by atoms with van der Waals surface area (Å²) in [5, 5.41) is 19.8. The summed E-state index contributed by atoms with van der Waals surface area (Å²) >= 11 is 6.21. The average molecular weight is 421 g/mol. The van der Waals surface area contributed by atoms with Gasteiger partial charge in [-0.2, -0.15) is 5.10 Å². The van der Waals surface area contributed by atoms with E-state index < -0.39 is 6.04 Å². The Morgan fingerprint density at radius 1 is 1.17 bits per heavy atom. The molecule has 5 rings (SSSR count). The molecule has 2 N–H and O–H groups in total. The summed E-state index contributed by atoms with van der Waals surface area (Å²) in [5.74, 6) is -0.320. The number of fused-ring (bicyclic) bond motifs is 1. The minimum Gasteiger partial charge on any atom is -0.510 e. The van der Waals surface area contributed by atoms with Gasteiger partial charge in [-0.3, -0.25) is 4.79 Å². The lowest BCUT2D eigenvalue weighted by atomic mass is 9.75. The second-order valence-electron chi connectivity index (χ2n) is 7.74. The number of hydrogen-bond donors (Lipinski definition) is 2. The highest BCUT2D eigenvalue weighted by atomic mass is 35.5. The van der Waals surface area contributed by atoms with Crippen LogP contribution in [0.1, 0.15) is 41.1 Å². The van der Waals surface area contributed by atoms with Gasteiger partial charge < -0.3 is 10.4 Å². The van der Waals surface area contributed by atoms with Crippen molar-refractivity contribution in [3.63, 3.8) is 0 Å². The van der Waals surface area contributed by atoms with Crippen LogP contribution in [0.15, 0.2) is 72.5 Å². The molecular formula is C23H21ClN4O2. The van der Waals surface area contributed by atoms with Crippen molar-refractivity contribution < 1.29 is 9.90 Å². The first-order chi connectivity index (χ1) is 14.6. The third-order valence-corrected chi connectivity index (χ3v) is 6.27. The normalized spacial score (nSPS) is 24.0. The Labute approximate surface area is 179 Å². The Morgan fingerprint density at radius 2 is 2.03 bits per heavy atom. The van der Waals surface area contributed by atoms with E-state index in [0.717, 1.165) is 24.1 Å². The van der Waals surface area contributed by atoms with Crippen molar-refractivity contribution in [3.05, 3.63) is 94.2 Å². The smallest absolute Gasteiger partial charge is 0.164 e. The fraction of sp³-hybridized carbons (Fsp3) is 0.261. The number of halogens is 1. The number of nitrogens with one attached hydrogen (secondary N) is 1. The van der Waals surface area contributed by atoms with Crippen molar-refractivity contribution in [1.29, 1.82) is 0 Å². The van der Waals surface area contributed by atoms with Gasteiger partial charge in [0.1, 0.15) is 24.5 Å². The van der Waals surface area contributed by atoms with Crippen LogP contribution in [0.25, 0.3) is 0 Å². The zero-order chi connectivity index (χ0) is 20.7. The van der Waals surface area contributed by atoms with Crippen LogP contribution >= 0.6 is 11.6 Å². The molecule has 3 aromatic rings. The van der Waals surface area contributed by atoms with E-state index >= 15 is 0 Å². The summed E-state index contributed by atoms with van der Waals surface area (Å²) in [4.78, 5) is 17.4. The molecule has 1 aromatic heterocycles. The van der Waals surface area contributed by atoms with E-state index in [2.05, 4.69) is 21.5 Å². The predicted octanol–water partition coefficient (Wildman–Crippen LogP) is 3.93. The van der Waals surface area contributed by atoms with Crippen molar-refractivity contribution in [2.24, 2.45) is 0 Å². The maximum atomic E-state index is 13.4. The van der Waals surface area contributed by atoms with Gasteiger partial charge in [0.05, 0.1) is 11.6 Å². The molecular weight excluding hydrogens is 400 g/mol. The van der Waals surface area contributed by atoms with Crippen molar-refractivity contribution in [3.8, 4) is 0 Å². The summed E-state index contributed by atoms with van der Waals surface area (Å²) in [6.07, 6.45) is 4.16. The topological polar surface area (TPSA) is 80.0 Å². The molecule has 0 saturated heterocycles. The molecule has 2 aliphatic rings. The monoisotopic (exact) mass is 420 g/mol. The fourth-order valence-electron chi connectivity index (χ4n) is 4.69. The summed E-state index contributed by atoms with van der Waals surface area (Å²) in [5.41, 5.74) is 3.54. The molecule has 0 bridgehead atoms. The number of carbonyl (C=O) groups excluding carboxylic acids is 1. The lowest BCUT2D eigenvalue weighted by Gasteiger charge is -2.36. The number of hydrogen-bond acceptors (Lipinski definition) is 5. The third-order valence-electron chi connectivity index (χ3n) is 6.04. The summed E-state index contributed by atoms with van der Waals surface area (Å²) in [6, 6.07) is 14.6. The predicted molar refractivity (Wildman–Crippen MR) is 113 cm³/mol. The number of Topliss-reactive ketones (excluding diaryl/α,β-unsaturated/α-hetero) is 1. The first-order valence-corrected chi connectivity index (χ1v) is 10.4. The Bertz CT molecular complexity index is 1130. The first-order valence-electron chi connectivity index (χ1n) is 10.0. The number of aromatic nitrogens is 3. The minimum absolute atomic E-state index is 0.0379. The standard InChI is InChI=1S/C23H21ClN4O2/c24-16-6-3-5-15(10-16)18-11-19(29)20(23(30)22(18)28-13-25-12-27-28)21-17-7-2-1-4-14(17)8-9-26-21/h1-7,10,12-13,18,21-22,26,30H,8-9,11H2/t18-,21-,22-/m1/s1. The third kappa shape index (κ3) is 3.22. The molecule has 30 heavy (non-hydrogen) atoms. The molecule has 1 aliphatic carbocycles. The lowest BCUT2D eigenvalue weighted by molar-refractivity contribution is -0.117. The Kier molecular flexibility index (Phi) is 4.89. The molecule has 6 nitrogen and oxygen atoms in total. The van der Waals surface area contributed by atoms with Crippen molar-refractivity contribution >= 4 is 17.4 Å². The molecule has 0 spiro atoms. The highest BCUT2D eigenvalue weighted by Gasteiger charge is 2.42. The van der Waals surface area contributed by atoms with Crippen LogP contribution in [0.5, 0.6) is 0 Å². The van der Waals surface area contributed by atoms with Gasteiger partial charge in [0, 0.05) is 23.9 Å². The maximum Gasteiger partial charge on any atom is 0.164 e. The largest absolute Gasteiger partial charge is 0.510 e. The summed E-state index contributed by atoms with van der Waals surface area (Å²) in [7, 11) is 0. The maximum absolute atomic E-state index is 13.4. The van der Waals surface area contributed by atoms with E-state index in [9.17, 15) is 9.90 Å². The van der Waals surface area contributed by atoms with Crippen LogP contribution in [0.2, 0.25) is 5.02 Å². The summed E-state index contributed by atoms with van der Waals surface area (Å²) < 4.78 is 1.63. The second kappa shape index (κ2) is 7.70. The molecule has 2 heterocycles. The molecule has 2 aromatic carbocycles. The molecule has 0 fully saturated rings. The van der Waals surface area contributed by atoms with E-state index in [1.54, 1.807) is 17.1 Å². The second-order valence-corrected chi connectivity index (χ2v) is 8.18. The Morgan fingerprint density at radius 3 is 2.83 bits per heavy atom. The SMILES string of the molecule is O=C1C[C@H](c2cccc(Cl)c2)[C@@H](n2cncn2)C(O)=C1[C@@H]1NCCc2ccccc21. The Balaban J connectivity index is 1.65. The van der Waals surface area contributed by atoms with Gasteiger partial charge in [-0.15, -0.1) is 0 Å². The number of aliphatic hydroxyl groups excluding tert-OH is 1. The van der Waals surface area contributed by atoms with Crippen molar-refractivity contribution in [2.45, 2.75) is 30.8 Å².